The Balaban J connectivity index is 2.02. The Kier molecular flexibility index (Phi) is 4.85. The van der Waals surface area contributed by atoms with Crippen LogP contribution in [-0.2, 0) is 4.79 Å². The van der Waals surface area contributed by atoms with Crippen molar-refractivity contribution in [3.05, 3.63) is 42.5 Å². The maximum Gasteiger partial charge on any atom is 0.244 e. The Bertz CT molecular complexity index is 594. The molecule has 0 aliphatic heterocycles. The average molecular weight is 294 g/mol. The molecule has 6 nitrogen and oxygen atoms in total. The van der Waals surface area contributed by atoms with E-state index in [2.05, 4.69) is 9.97 Å². The molecule has 0 radical (unpaired) electrons. The highest BCUT2D eigenvalue weighted by molar-refractivity contribution is 7.99. The van der Waals surface area contributed by atoms with E-state index in [-0.39, 0.29) is 17.5 Å². The van der Waals surface area contributed by atoms with E-state index in [1.807, 2.05) is 5.43 Å². The predicted molar refractivity (Wildman–Crippen MR) is 71.6 cm³/mol. The minimum Gasteiger partial charge on any atom is -0.439 e. The van der Waals surface area contributed by atoms with E-state index in [4.69, 9.17) is 10.6 Å². The molecule has 0 atom stereocenters. The lowest BCUT2D eigenvalue weighted by Gasteiger charge is -2.05. The zero-order valence-corrected chi connectivity index (χ0v) is 11.1. The van der Waals surface area contributed by atoms with Crippen LogP contribution in [0.5, 0.6) is 11.6 Å². The molecule has 0 saturated heterocycles. The molecule has 0 bridgehead atoms. The maximum atomic E-state index is 12.8. The molecule has 2 aromatic rings. The number of nitrogens with zero attached hydrogens (tertiary/aromatic N) is 2. The quantitative estimate of drug-likeness (QED) is 0.285. The number of halogens is 1. The number of nitrogens with two attached hydrogens (primary N) is 1. The molecular formula is C12H11FN4O2S. The Morgan fingerprint density at radius 1 is 1.35 bits per heavy atom. The number of rotatable bonds is 5. The number of aromatic nitrogens is 2. The second-order valence-electron chi connectivity index (χ2n) is 3.61. The second kappa shape index (κ2) is 6.83. The summed E-state index contributed by atoms with van der Waals surface area (Å²) in [6.07, 6.45) is 1.32. The molecule has 20 heavy (non-hydrogen) atoms. The normalized spacial score (nSPS) is 10.1. The summed E-state index contributed by atoms with van der Waals surface area (Å²) in [7, 11) is 0. The number of hydrogen-bond donors (Lipinski definition) is 2. The van der Waals surface area contributed by atoms with E-state index in [1.54, 1.807) is 6.07 Å². The Labute approximate surface area is 118 Å². The lowest BCUT2D eigenvalue weighted by atomic mass is 10.3. The number of benzene rings is 1. The largest absolute Gasteiger partial charge is 0.439 e. The van der Waals surface area contributed by atoms with E-state index >= 15 is 0 Å². The molecule has 0 saturated carbocycles. The Morgan fingerprint density at radius 2 is 2.10 bits per heavy atom. The van der Waals surface area contributed by atoms with Crippen molar-refractivity contribution < 1.29 is 13.9 Å². The minimum atomic E-state index is -0.343. The number of hydrazine groups is 1. The lowest BCUT2D eigenvalue weighted by molar-refractivity contribution is -0.118. The van der Waals surface area contributed by atoms with Gasteiger partial charge in [0.15, 0.2) is 0 Å². The molecular weight excluding hydrogens is 283 g/mol. The van der Waals surface area contributed by atoms with Gasteiger partial charge in [-0.05, 0) is 24.3 Å². The van der Waals surface area contributed by atoms with Gasteiger partial charge < -0.3 is 4.74 Å². The summed E-state index contributed by atoms with van der Waals surface area (Å²) in [5.41, 5.74) is 2.03. The zero-order chi connectivity index (χ0) is 14.4. The summed E-state index contributed by atoms with van der Waals surface area (Å²) in [5, 5.41) is 0.570. The molecule has 3 N–H and O–H groups in total. The van der Waals surface area contributed by atoms with Gasteiger partial charge in [0, 0.05) is 6.07 Å². The molecule has 0 spiro atoms. The highest BCUT2D eigenvalue weighted by Crippen LogP contribution is 2.23. The molecule has 0 unspecified atom stereocenters. The Hall–Kier alpha value is -2.19. The molecule has 1 amide bonds. The van der Waals surface area contributed by atoms with E-state index in [9.17, 15) is 9.18 Å². The van der Waals surface area contributed by atoms with Crippen LogP contribution < -0.4 is 16.0 Å². The highest BCUT2D eigenvalue weighted by atomic mass is 32.2. The summed E-state index contributed by atoms with van der Waals surface area (Å²) < 4.78 is 18.2. The topological polar surface area (TPSA) is 90.1 Å². The van der Waals surface area contributed by atoms with E-state index in [0.717, 1.165) is 0 Å². The van der Waals surface area contributed by atoms with Crippen LogP contribution in [0.25, 0.3) is 0 Å². The number of carbonyl (C=O) groups excluding carboxylic acids is 1. The molecule has 0 fully saturated rings. The van der Waals surface area contributed by atoms with Gasteiger partial charge in [0.2, 0.25) is 11.8 Å². The first-order valence-corrected chi connectivity index (χ1v) is 6.53. The number of ether oxygens (including phenoxy) is 1. The van der Waals surface area contributed by atoms with Crippen LogP contribution in [0.2, 0.25) is 0 Å². The summed E-state index contributed by atoms with van der Waals surface area (Å²) in [6, 6.07) is 7.14. The van der Waals surface area contributed by atoms with Crippen molar-refractivity contribution >= 4 is 17.7 Å². The first kappa shape index (κ1) is 14.2. The second-order valence-corrected chi connectivity index (χ2v) is 4.60. The fraction of sp³-hybridized carbons (Fsp3) is 0.0833. The smallest absolute Gasteiger partial charge is 0.244 e. The predicted octanol–water partition coefficient (Wildman–Crippen LogP) is 1.49. The molecule has 0 aliphatic carbocycles. The monoisotopic (exact) mass is 294 g/mol. The van der Waals surface area contributed by atoms with Crippen molar-refractivity contribution in [3.63, 3.8) is 0 Å². The molecule has 1 aromatic carbocycles. The SMILES string of the molecule is NNC(=O)CSc1cc(Oc2ccc(F)cc2)ncn1. The third-order valence-electron chi connectivity index (χ3n) is 2.17. The number of hydrogen-bond acceptors (Lipinski definition) is 6. The van der Waals surface area contributed by atoms with Gasteiger partial charge in [-0.3, -0.25) is 10.2 Å². The molecule has 104 valence electrons. The van der Waals surface area contributed by atoms with Gasteiger partial charge in [-0.2, -0.15) is 0 Å². The molecule has 1 aromatic heterocycles. The number of amides is 1. The average Bonchev–Trinajstić information content (AvgIpc) is 2.47. The van der Waals surface area contributed by atoms with Gasteiger partial charge in [-0.25, -0.2) is 20.2 Å². The van der Waals surface area contributed by atoms with Crippen LogP contribution in [0.15, 0.2) is 41.7 Å². The van der Waals surface area contributed by atoms with Crippen LogP contribution in [-0.4, -0.2) is 21.6 Å². The summed E-state index contributed by atoms with van der Waals surface area (Å²) in [5.74, 6) is 5.23. The van der Waals surface area contributed by atoms with Gasteiger partial charge in [0.1, 0.15) is 22.9 Å². The highest BCUT2D eigenvalue weighted by Gasteiger charge is 2.05. The minimum absolute atomic E-state index is 0.142. The van der Waals surface area contributed by atoms with E-state index in [1.165, 1.54) is 42.4 Å². The van der Waals surface area contributed by atoms with Crippen LogP contribution in [0.4, 0.5) is 4.39 Å². The van der Waals surface area contributed by atoms with Gasteiger partial charge in [-0.1, -0.05) is 11.8 Å². The summed E-state index contributed by atoms with van der Waals surface area (Å²) in [6.45, 7) is 0. The van der Waals surface area contributed by atoms with Crippen molar-refractivity contribution in [2.45, 2.75) is 5.03 Å². The van der Waals surface area contributed by atoms with Crippen LogP contribution in [0.3, 0.4) is 0 Å². The lowest BCUT2D eigenvalue weighted by Crippen LogP contribution is -2.31. The third-order valence-corrected chi connectivity index (χ3v) is 3.09. The Morgan fingerprint density at radius 3 is 2.80 bits per heavy atom. The van der Waals surface area contributed by atoms with Crippen molar-refractivity contribution in [1.29, 1.82) is 0 Å². The zero-order valence-electron chi connectivity index (χ0n) is 10.2. The van der Waals surface area contributed by atoms with Crippen LogP contribution in [0.1, 0.15) is 0 Å². The van der Waals surface area contributed by atoms with E-state index in [0.29, 0.717) is 16.7 Å². The fourth-order valence-electron chi connectivity index (χ4n) is 1.26. The first-order chi connectivity index (χ1) is 9.67. The van der Waals surface area contributed by atoms with Gasteiger partial charge in [-0.15, -0.1) is 0 Å². The molecule has 2 rings (SSSR count). The maximum absolute atomic E-state index is 12.8. The molecule has 8 heteroatoms. The number of nitrogens with one attached hydrogen (secondary N) is 1. The van der Waals surface area contributed by atoms with Crippen LogP contribution in [0, 0.1) is 5.82 Å². The number of thioether (sulfide) groups is 1. The van der Waals surface area contributed by atoms with E-state index < -0.39 is 0 Å². The van der Waals surface area contributed by atoms with Crippen molar-refractivity contribution in [1.82, 2.24) is 15.4 Å². The standard InChI is InChI=1S/C12H11FN4O2S/c13-8-1-3-9(4-2-8)19-11-5-12(16-7-15-11)20-6-10(18)17-14/h1-5,7H,6,14H2,(H,17,18). The first-order valence-electron chi connectivity index (χ1n) is 5.55. The molecule has 1 heterocycles. The van der Waals surface area contributed by atoms with Crippen molar-refractivity contribution in [2.24, 2.45) is 5.84 Å². The van der Waals surface area contributed by atoms with Gasteiger partial charge >= 0.3 is 0 Å². The van der Waals surface area contributed by atoms with Gasteiger partial charge in [0.25, 0.3) is 0 Å². The van der Waals surface area contributed by atoms with Crippen molar-refractivity contribution in [3.8, 4) is 11.6 Å². The van der Waals surface area contributed by atoms with Crippen LogP contribution >= 0.6 is 11.8 Å². The molecule has 0 aliphatic rings. The van der Waals surface area contributed by atoms with Gasteiger partial charge in [0.05, 0.1) is 5.75 Å². The summed E-state index contributed by atoms with van der Waals surface area (Å²) >= 11 is 1.20. The third kappa shape index (κ3) is 4.18. The number of carbonyl (C=O) groups is 1. The fourth-order valence-corrected chi connectivity index (χ4v) is 1.93. The summed E-state index contributed by atoms with van der Waals surface area (Å²) in [4.78, 5) is 19.0. The van der Waals surface area contributed by atoms with Crippen molar-refractivity contribution in [2.75, 3.05) is 5.75 Å².